The van der Waals surface area contributed by atoms with Gasteiger partial charge in [0, 0.05) is 45.5 Å². The van der Waals surface area contributed by atoms with Crippen LogP contribution in [0.4, 0.5) is 11.5 Å². The van der Waals surface area contributed by atoms with E-state index >= 15 is 0 Å². The maximum atomic E-state index is 12.5. The van der Waals surface area contributed by atoms with Gasteiger partial charge in [0.05, 0.1) is 18.2 Å². The van der Waals surface area contributed by atoms with Crippen molar-refractivity contribution < 1.29 is 4.79 Å². The molecule has 1 aromatic carbocycles. The molecule has 1 unspecified atom stereocenters. The summed E-state index contributed by atoms with van der Waals surface area (Å²) in [6.07, 6.45) is 3.48. The number of hydrogen-bond donors (Lipinski definition) is 0. The summed E-state index contributed by atoms with van der Waals surface area (Å²) in [4.78, 5) is 21.9. The normalized spacial score (nSPS) is 20.6. The fraction of sp³-hybridized carbons (Fsp3) is 0.478. The minimum atomic E-state index is 0.218. The van der Waals surface area contributed by atoms with Gasteiger partial charge in [-0.05, 0) is 50.1 Å². The highest BCUT2D eigenvalue weighted by Gasteiger charge is 2.34. The van der Waals surface area contributed by atoms with Gasteiger partial charge in [-0.25, -0.2) is 4.98 Å². The first kappa shape index (κ1) is 19.7. The van der Waals surface area contributed by atoms with Crippen molar-refractivity contribution in [3.8, 4) is 0 Å². The Labute approximate surface area is 173 Å². The number of carbonyl (C=O) groups excluding carboxylic acids is 1. The fourth-order valence-electron chi connectivity index (χ4n) is 4.35. The number of aryl methyl sites for hydroxylation is 1. The second kappa shape index (κ2) is 8.82. The molecule has 1 amide bonds. The van der Waals surface area contributed by atoms with Gasteiger partial charge in [0.1, 0.15) is 5.82 Å². The Morgan fingerprint density at radius 2 is 1.79 bits per heavy atom. The Kier molecular flexibility index (Phi) is 6.00. The lowest BCUT2D eigenvalue weighted by Gasteiger charge is -2.36. The van der Waals surface area contributed by atoms with Crippen LogP contribution in [0.15, 0.2) is 48.7 Å². The highest BCUT2D eigenvalue weighted by atomic mass is 16.2. The van der Waals surface area contributed by atoms with Crippen molar-refractivity contribution >= 4 is 17.4 Å². The number of amides is 1. The van der Waals surface area contributed by atoms with E-state index < -0.39 is 0 Å². The van der Waals surface area contributed by atoms with Crippen LogP contribution in [0.2, 0.25) is 0 Å². The maximum absolute atomic E-state index is 12.5. The number of rotatable bonds is 6. The third-order valence-electron chi connectivity index (χ3n) is 5.90. The van der Waals surface area contributed by atoms with Crippen LogP contribution in [0, 0.1) is 6.92 Å². The van der Waals surface area contributed by atoms with Crippen molar-refractivity contribution in [3.05, 3.63) is 54.2 Å². The van der Waals surface area contributed by atoms with Gasteiger partial charge in [-0.2, -0.15) is 0 Å². The summed E-state index contributed by atoms with van der Waals surface area (Å²) in [5.41, 5.74) is 2.36. The molecule has 0 spiro atoms. The van der Waals surface area contributed by atoms with E-state index in [-0.39, 0.29) is 11.9 Å². The third-order valence-corrected chi connectivity index (χ3v) is 5.90. The zero-order valence-corrected chi connectivity index (χ0v) is 17.5. The van der Waals surface area contributed by atoms with Gasteiger partial charge < -0.3 is 4.90 Å². The molecule has 2 saturated heterocycles. The fourth-order valence-corrected chi connectivity index (χ4v) is 4.35. The lowest BCUT2D eigenvalue weighted by Crippen LogP contribution is -2.48. The highest BCUT2D eigenvalue weighted by Crippen LogP contribution is 2.27. The Morgan fingerprint density at radius 3 is 2.52 bits per heavy atom. The van der Waals surface area contributed by atoms with Crippen LogP contribution in [0.3, 0.4) is 0 Å². The molecule has 2 aliphatic heterocycles. The summed E-state index contributed by atoms with van der Waals surface area (Å²) in [5, 5.41) is 4.12. The molecule has 0 N–H and O–H groups in total. The quantitative estimate of drug-likeness (QED) is 0.755. The summed E-state index contributed by atoms with van der Waals surface area (Å²) in [5.74, 6) is 1.32. The first-order valence-electron chi connectivity index (χ1n) is 10.7. The molecule has 29 heavy (non-hydrogen) atoms. The minimum Gasteiger partial charge on any atom is -0.354 e. The van der Waals surface area contributed by atoms with Gasteiger partial charge in [-0.15, -0.1) is 0 Å². The zero-order valence-electron chi connectivity index (χ0n) is 17.5. The summed E-state index contributed by atoms with van der Waals surface area (Å²) >= 11 is 0. The first-order valence-corrected chi connectivity index (χ1v) is 10.7. The van der Waals surface area contributed by atoms with Crippen LogP contribution in [0.1, 0.15) is 25.3 Å². The second-order valence-corrected chi connectivity index (χ2v) is 8.12. The van der Waals surface area contributed by atoms with Gasteiger partial charge >= 0.3 is 0 Å². The van der Waals surface area contributed by atoms with E-state index in [0.717, 1.165) is 57.2 Å². The van der Waals surface area contributed by atoms with Gasteiger partial charge in [-0.1, -0.05) is 18.2 Å². The molecule has 1 atom stereocenters. The van der Waals surface area contributed by atoms with E-state index in [2.05, 4.69) is 51.8 Å². The minimum absolute atomic E-state index is 0.218. The highest BCUT2D eigenvalue weighted by molar-refractivity contribution is 5.82. The van der Waals surface area contributed by atoms with E-state index in [9.17, 15) is 4.79 Å². The molecule has 0 aliphatic carbocycles. The average molecular weight is 394 g/mol. The molecule has 2 aliphatic rings. The van der Waals surface area contributed by atoms with E-state index in [0.29, 0.717) is 6.42 Å². The number of nitrogens with zero attached hydrogens (tertiary/aromatic N) is 5. The van der Waals surface area contributed by atoms with Gasteiger partial charge in [-0.3, -0.25) is 19.7 Å². The molecule has 1 aromatic heterocycles. The van der Waals surface area contributed by atoms with E-state index in [4.69, 9.17) is 0 Å². The molecule has 4 rings (SSSR count). The number of anilines is 2. The van der Waals surface area contributed by atoms with E-state index in [1.54, 1.807) is 0 Å². The van der Waals surface area contributed by atoms with Crippen LogP contribution in [0.5, 0.6) is 0 Å². The molecule has 154 valence electrons. The Morgan fingerprint density at radius 1 is 1.03 bits per heavy atom. The SMILES string of the molecule is Cc1ccnc(N2CCN(CCCN3C(=O)CC(C)N3c3ccccc3)CC2)c1. The predicted molar refractivity (Wildman–Crippen MR) is 117 cm³/mol. The summed E-state index contributed by atoms with van der Waals surface area (Å²) in [7, 11) is 0. The number of hydrazine groups is 1. The summed E-state index contributed by atoms with van der Waals surface area (Å²) in [6, 6.07) is 14.7. The number of aromatic nitrogens is 1. The van der Waals surface area contributed by atoms with Crippen LogP contribution >= 0.6 is 0 Å². The van der Waals surface area contributed by atoms with E-state index in [1.807, 2.05) is 35.5 Å². The zero-order chi connectivity index (χ0) is 20.2. The second-order valence-electron chi connectivity index (χ2n) is 8.12. The molecule has 6 heteroatoms. The van der Waals surface area contributed by atoms with Gasteiger partial charge in [0.25, 0.3) is 0 Å². The summed E-state index contributed by atoms with van der Waals surface area (Å²) in [6.45, 7) is 10.1. The van der Waals surface area contributed by atoms with Crippen LogP contribution in [0.25, 0.3) is 0 Å². The maximum Gasteiger partial charge on any atom is 0.243 e. The molecule has 6 nitrogen and oxygen atoms in total. The number of pyridine rings is 1. The monoisotopic (exact) mass is 393 g/mol. The number of para-hydroxylation sites is 1. The Hall–Kier alpha value is -2.60. The summed E-state index contributed by atoms with van der Waals surface area (Å²) < 4.78 is 0. The largest absolute Gasteiger partial charge is 0.354 e. The number of carbonyl (C=O) groups is 1. The van der Waals surface area contributed by atoms with Gasteiger partial charge in [0.2, 0.25) is 5.91 Å². The molecular formula is C23H31N5O. The molecule has 3 heterocycles. The third kappa shape index (κ3) is 4.53. The standard InChI is InChI=1S/C23H31N5O/c1-19-9-10-24-22(17-19)26-15-13-25(14-16-26)11-6-12-27-23(29)18-20(2)28(27)21-7-4-3-5-8-21/h3-5,7-10,17,20H,6,11-16,18H2,1-2H3. The van der Waals surface area contributed by atoms with Crippen molar-refractivity contribution in [3.63, 3.8) is 0 Å². The predicted octanol–water partition coefficient (Wildman–Crippen LogP) is 2.94. The smallest absolute Gasteiger partial charge is 0.243 e. The Balaban J connectivity index is 1.27. The molecule has 0 radical (unpaired) electrons. The molecule has 0 bridgehead atoms. The average Bonchev–Trinajstić information content (AvgIpc) is 3.02. The molecular weight excluding hydrogens is 362 g/mol. The van der Waals surface area contributed by atoms with Crippen molar-refractivity contribution in [2.45, 2.75) is 32.7 Å². The molecule has 0 saturated carbocycles. The Bertz CT molecular complexity index is 819. The van der Waals surface area contributed by atoms with E-state index in [1.165, 1.54) is 5.56 Å². The lowest BCUT2D eigenvalue weighted by molar-refractivity contribution is -0.128. The van der Waals surface area contributed by atoms with Crippen molar-refractivity contribution in [1.82, 2.24) is 14.9 Å². The number of hydrogen-bond acceptors (Lipinski definition) is 5. The van der Waals surface area contributed by atoms with Crippen molar-refractivity contribution in [1.29, 1.82) is 0 Å². The number of benzene rings is 1. The topological polar surface area (TPSA) is 42.9 Å². The number of piperazine rings is 1. The van der Waals surface area contributed by atoms with Crippen molar-refractivity contribution in [2.75, 3.05) is 49.2 Å². The molecule has 2 aromatic rings. The van der Waals surface area contributed by atoms with Gasteiger partial charge in [0.15, 0.2) is 0 Å². The van der Waals surface area contributed by atoms with Crippen LogP contribution in [-0.4, -0.2) is 66.1 Å². The van der Waals surface area contributed by atoms with Crippen LogP contribution in [-0.2, 0) is 4.79 Å². The van der Waals surface area contributed by atoms with Crippen LogP contribution < -0.4 is 9.91 Å². The first-order chi connectivity index (χ1) is 14.1. The lowest BCUT2D eigenvalue weighted by atomic mass is 10.2. The molecule has 2 fully saturated rings. The van der Waals surface area contributed by atoms with Crippen molar-refractivity contribution in [2.24, 2.45) is 0 Å².